The van der Waals surface area contributed by atoms with E-state index < -0.39 is 5.97 Å². The van der Waals surface area contributed by atoms with Gasteiger partial charge in [0.25, 0.3) is 0 Å². The lowest BCUT2D eigenvalue weighted by atomic mass is 10.1. The van der Waals surface area contributed by atoms with Gasteiger partial charge in [-0.3, -0.25) is 0 Å². The number of aromatic nitrogens is 2. The van der Waals surface area contributed by atoms with Crippen LogP contribution in [0.4, 0.5) is 0 Å². The van der Waals surface area contributed by atoms with Crippen molar-refractivity contribution in [2.75, 3.05) is 0 Å². The van der Waals surface area contributed by atoms with E-state index in [4.69, 9.17) is 9.52 Å². The van der Waals surface area contributed by atoms with Crippen LogP contribution in [0.1, 0.15) is 21.8 Å². The zero-order valence-electron chi connectivity index (χ0n) is 10.3. The molecule has 0 fully saturated rings. The van der Waals surface area contributed by atoms with Gasteiger partial charge in [-0.05, 0) is 46.7 Å². The molecule has 0 bridgehead atoms. The number of hydrogen-bond acceptors (Lipinski definition) is 5. The summed E-state index contributed by atoms with van der Waals surface area (Å²) in [4.78, 5) is 10.8. The lowest BCUT2D eigenvalue weighted by molar-refractivity contribution is 0.0697. The first kappa shape index (κ1) is 12.6. The van der Waals surface area contributed by atoms with Crippen molar-refractivity contribution >= 4 is 17.3 Å². The van der Waals surface area contributed by atoms with Gasteiger partial charge < -0.3 is 9.52 Å². The van der Waals surface area contributed by atoms with Crippen LogP contribution in [0.2, 0.25) is 0 Å². The highest BCUT2D eigenvalue weighted by atomic mass is 32.1. The highest BCUT2D eigenvalue weighted by Gasteiger charge is 2.10. The summed E-state index contributed by atoms with van der Waals surface area (Å²) >= 11 is 1.62. The van der Waals surface area contributed by atoms with E-state index in [1.807, 2.05) is 16.8 Å². The van der Waals surface area contributed by atoms with Gasteiger partial charge in [0, 0.05) is 5.56 Å². The molecule has 1 aromatic carbocycles. The molecule has 0 saturated carbocycles. The van der Waals surface area contributed by atoms with Gasteiger partial charge in [0.05, 0.1) is 12.0 Å². The van der Waals surface area contributed by atoms with Crippen molar-refractivity contribution in [1.82, 2.24) is 10.2 Å². The Labute approximate surface area is 118 Å². The smallest absolute Gasteiger partial charge is 0.335 e. The first-order chi connectivity index (χ1) is 9.72. The van der Waals surface area contributed by atoms with Crippen LogP contribution >= 0.6 is 11.3 Å². The summed E-state index contributed by atoms with van der Waals surface area (Å²) in [6.07, 6.45) is 0.601. The Morgan fingerprint density at radius 3 is 2.65 bits per heavy atom. The number of carbonyl (C=O) groups is 1. The molecule has 100 valence electrons. The summed E-state index contributed by atoms with van der Waals surface area (Å²) in [5, 5.41) is 20.9. The summed E-state index contributed by atoms with van der Waals surface area (Å²) in [5.41, 5.74) is 2.07. The summed E-state index contributed by atoms with van der Waals surface area (Å²) in [5.74, 6) is -0.0203. The maximum atomic E-state index is 10.8. The third-order valence-electron chi connectivity index (χ3n) is 2.78. The number of carboxylic acids is 1. The molecule has 2 aromatic heterocycles. The topological polar surface area (TPSA) is 76.2 Å². The van der Waals surface area contributed by atoms with E-state index in [1.54, 1.807) is 23.5 Å². The fourth-order valence-corrected chi connectivity index (χ4v) is 2.43. The third-order valence-corrected chi connectivity index (χ3v) is 3.51. The minimum atomic E-state index is -0.958. The number of thiophene rings is 1. The summed E-state index contributed by atoms with van der Waals surface area (Å²) in [7, 11) is 0. The van der Waals surface area contributed by atoms with Crippen LogP contribution in [-0.4, -0.2) is 21.3 Å². The number of carboxylic acid groups (broad SMARTS) is 1. The van der Waals surface area contributed by atoms with Gasteiger partial charge in [-0.15, -0.1) is 10.2 Å². The van der Waals surface area contributed by atoms with Gasteiger partial charge in [-0.1, -0.05) is 0 Å². The fraction of sp³-hybridized carbons (Fsp3) is 0.0714. The van der Waals surface area contributed by atoms with E-state index in [2.05, 4.69) is 10.2 Å². The normalized spacial score (nSPS) is 10.6. The van der Waals surface area contributed by atoms with Crippen LogP contribution in [0.15, 0.2) is 45.5 Å². The van der Waals surface area contributed by atoms with Crippen molar-refractivity contribution in [3.05, 3.63) is 58.1 Å². The molecule has 6 heteroatoms. The van der Waals surface area contributed by atoms with Crippen molar-refractivity contribution < 1.29 is 14.3 Å². The summed E-state index contributed by atoms with van der Waals surface area (Å²) in [6.45, 7) is 0. The minimum absolute atomic E-state index is 0.228. The molecular weight excluding hydrogens is 276 g/mol. The summed E-state index contributed by atoms with van der Waals surface area (Å²) in [6, 6.07) is 8.35. The molecule has 0 aliphatic heterocycles. The predicted molar refractivity (Wildman–Crippen MR) is 73.8 cm³/mol. The van der Waals surface area contributed by atoms with Crippen molar-refractivity contribution in [2.24, 2.45) is 0 Å². The Morgan fingerprint density at radius 1 is 1.20 bits per heavy atom. The zero-order chi connectivity index (χ0) is 13.9. The second-order valence-corrected chi connectivity index (χ2v) is 4.97. The highest BCUT2D eigenvalue weighted by molar-refractivity contribution is 7.07. The first-order valence-corrected chi connectivity index (χ1v) is 6.84. The predicted octanol–water partition coefficient (Wildman–Crippen LogP) is 3.09. The second-order valence-electron chi connectivity index (χ2n) is 4.19. The number of benzene rings is 1. The zero-order valence-corrected chi connectivity index (χ0v) is 11.1. The van der Waals surface area contributed by atoms with E-state index in [1.165, 1.54) is 12.1 Å². The first-order valence-electron chi connectivity index (χ1n) is 5.89. The highest BCUT2D eigenvalue weighted by Crippen LogP contribution is 2.20. The molecule has 2 heterocycles. The number of nitrogens with zero attached hydrogens (tertiary/aromatic N) is 2. The number of rotatable bonds is 4. The van der Waals surface area contributed by atoms with Crippen LogP contribution < -0.4 is 0 Å². The Balaban J connectivity index is 1.80. The van der Waals surface area contributed by atoms with Gasteiger partial charge in [-0.2, -0.15) is 11.3 Å². The Morgan fingerprint density at radius 2 is 2.00 bits per heavy atom. The van der Waals surface area contributed by atoms with Gasteiger partial charge in [0.15, 0.2) is 0 Å². The Hall–Kier alpha value is -2.47. The van der Waals surface area contributed by atoms with Crippen LogP contribution in [0.5, 0.6) is 0 Å². The molecule has 20 heavy (non-hydrogen) atoms. The molecular formula is C14H10N2O3S. The van der Waals surface area contributed by atoms with E-state index in [0.717, 1.165) is 5.56 Å². The molecule has 0 atom stereocenters. The van der Waals surface area contributed by atoms with E-state index in [0.29, 0.717) is 23.8 Å². The molecule has 1 N–H and O–H groups in total. The SMILES string of the molecule is O=C(O)c1ccc(-c2nnc(Cc3ccsc3)o2)cc1. The Kier molecular flexibility index (Phi) is 3.30. The third kappa shape index (κ3) is 2.60. The van der Waals surface area contributed by atoms with Crippen LogP contribution in [0, 0.1) is 0 Å². The largest absolute Gasteiger partial charge is 0.478 e. The van der Waals surface area contributed by atoms with Gasteiger partial charge in [-0.25, -0.2) is 4.79 Å². The Bertz CT molecular complexity index is 717. The van der Waals surface area contributed by atoms with E-state index in [9.17, 15) is 4.79 Å². The van der Waals surface area contributed by atoms with Crippen LogP contribution in [-0.2, 0) is 6.42 Å². The standard InChI is InChI=1S/C14H10N2O3S/c17-14(18)11-3-1-10(2-4-11)13-16-15-12(19-13)7-9-5-6-20-8-9/h1-6,8H,7H2,(H,17,18). The molecule has 0 aliphatic rings. The van der Waals surface area contributed by atoms with Crippen LogP contribution in [0.3, 0.4) is 0 Å². The quantitative estimate of drug-likeness (QED) is 0.797. The van der Waals surface area contributed by atoms with Crippen molar-refractivity contribution in [1.29, 1.82) is 0 Å². The van der Waals surface area contributed by atoms with Crippen molar-refractivity contribution in [3.8, 4) is 11.5 Å². The lowest BCUT2D eigenvalue weighted by Gasteiger charge is -1.96. The van der Waals surface area contributed by atoms with Gasteiger partial charge in [0.2, 0.25) is 11.8 Å². The fourth-order valence-electron chi connectivity index (χ4n) is 1.76. The minimum Gasteiger partial charge on any atom is -0.478 e. The number of aromatic carboxylic acids is 1. The maximum absolute atomic E-state index is 10.8. The maximum Gasteiger partial charge on any atom is 0.335 e. The molecule has 0 unspecified atom stereocenters. The monoisotopic (exact) mass is 286 g/mol. The summed E-state index contributed by atoms with van der Waals surface area (Å²) < 4.78 is 5.58. The molecule has 3 aromatic rings. The van der Waals surface area contributed by atoms with E-state index in [-0.39, 0.29) is 5.56 Å². The van der Waals surface area contributed by atoms with Gasteiger partial charge >= 0.3 is 5.97 Å². The number of hydrogen-bond donors (Lipinski definition) is 1. The van der Waals surface area contributed by atoms with Crippen molar-refractivity contribution in [2.45, 2.75) is 6.42 Å². The molecule has 0 amide bonds. The van der Waals surface area contributed by atoms with Crippen LogP contribution in [0.25, 0.3) is 11.5 Å². The average molecular weight is 286 g/mol. The van der Waals surface area contributed by atoms with E-state index >= 15 is 0 Å². The molecule has 3 rings (SSSR count). The second kappa shape index (κ2) is 5.26. The van der Waals surface area contributed by atoms with Gasteiger partial charge in [0.1, 0.15) is 0 Å². The lowest BCUT2D eigenvalue weighted by Crippen LogP contribution is -1.94. The molecule has 0 spiro atoms. The molecule has 5 nitrogen and oxygen atoms in total. The van der Waals surface area contributed by atoms with Crippen molar-refractivity contribution in [3.63, 3.8) is 0 Å². The molecule has 0 saturated heterocycles. The molecule has 0 aliphatic carbocycles. The average Bonchev–Trinajstić information content (AvgIpc) is 3.11. The molecule has 0 radical (unpaired) electrons.